The van der Waals surface area contributed by atoms with Gasteiger partial charge in [0.2, 0.25) is 0 Å². The van der Waals surface area contributed by atoms with Crippen LogP contribution in [0.25, 0.3) is 44.2 Å². The van der Waals surface area contributed by atoms with Gasteiger partial charge in [-0.2, -0.15) is 0 Å². The summed E-state index contributed by atoms with van der Waals surface area (Å²) in [6, 6.07) is 14.3. The zero-order valence-electron chi connectivity index (χ0n) is 21.9. The van der Waals surface area contributed by atoms with E-state index in [0.717, 1.165) is 78.4 Å². The minimum absolute atomic E-state index is 0.613. The molecule has 0 saturated heterocycles. The van der Waals surface area contributed by atoms with Crippen molar-refractivity contribution in [1.82, 2.24) is 25.1 Å². The highest BCUT2D eigenvalue weighted by Gasteiger charge is 2.21. The summed E-state index contributed by atoms with van der Waals surface area (Å²) in [5.74, 6) is 2.99. The van der Waals surface area contributed by atoms with Crippen LogP contribution in [0.4, 0.5) is 0 Å². The third kappa shape index (κ3) is 3.94. The maximum Gasteiger partial charge on any atom is 0.142 e. The number of aryl methyl sites for hydroxylation is 3. The number of nitrogens with zero attached hydrogens (tertiary/aromatic N) is 4. The normalized spacial score (nSPS) is 11.4. The molecule has 4 heterocycles. The van der Waals surface area contributed by atoms with Crippen molar-refractivity contribution in [2.45, 2.75) is 27.2 Å². The third-order valence-corrected chi connectivity index (χ3v) is 6.93. The van der Waals surface area contributed by atoms with Gasteiger partial charge < -0.3 is 19.0 Å². The van der Waals surface area contributed by atoms with Gasteiger partial charge in [-0.25, -0.2) is 9.97 Å². The molecule has 0 atom stereocenters. The quantitative estimate of drug-likeness (QED) is 0.281. The Morgan fingerprint density at radius 2 is 1.71 bits per heavy atom. The summed E-state index contributed by atoms with van der Waals surface area (Å²) in [5, 5.41) is 6.11. The molecule has 0 amide bonds. The van der Waals surface area contributed by atoms with E-state index in [1.165, 1.54) is 0 Å². The Morgan fingerprint density at radius 1 is 0.895 bits per heavy atom. The number of aromatic amines is 1. The third-order valence-electron chi connectivity index (χ3n) is 6.93. The predicted molar refractivity (Wildman–Crippen MR) is 147 cm³/mol. The number of fused-ring (bicyclic) bond motifs is 3. The fourth-order valence-electron chi connectivity index (χ4n) is 5.20. The highest BCUT2D eigenvalue weighted by atomic mass is 16.5. The Labute approximate surface area is 219 Å². The smallest absolute Gasteiger partial charge is 0.142 e. The molecule has 0 aliphatic rings. The SMILES string of the molecule is COc1ccc(Cc2nc(C)nc3[nH]c4cc(-c5c(C)noc5C)c(OC)cc4c23)c(-c2ccncc2)c1. The molecule has 8 nitrogen and oxygen atoms in total. The van der Waals surface area contributed by atoms with E-state index >= 15 is 0 Å². The minimum atomic E-state index is 0.613. The number of aromatic nitrogens is 5. The van der Waals surface area contributed by atoms with Crippen LogP contribution in [0.2, 0.25) is 0 Å². The number of H-pyrrole nitrogens is 1. The predicted octanol–water partition coefficient (Wildman–Crippen LogP) is 6.36. The Balaban J connectivity index is 1.55. The molecule has 1 N–H and O–H groups in total. The Morgan fingerprint density at radius 3 is 2.42 bits per heavy atom. The van der Waals surface area contributed by atoms with E-state index in [1.807, 2.05) is 39.0 Å². The van der Waals surface area contributed by atoms with Crippen LogP contribution in [0.5, 0.6) is 11.5 Å². The summed E-state index contributed by atoms with van der Waals surface area (Å²) < 4.78 is 16.8. The van der Waals surface area contributed by atoms with E-state index in [4.69, 9.17) is 24.0 Å². The molecule has 2 aromatic carbocycles. The second-order valence-corrected chi connectivity index (χ2v) is 9.30. The number of ether oxygens (including phenoxy) is 2. The van der Waals surface area contributed by atoms with Crippen molar-refractivity contribution in [1.29, 1.82) is 0 Å². The summed E-state index contributed by atoms with van der Waals surface area (Å²) >= 11 is 0. The van der Waals surface area contributed by atoms with Crippen LogP contribution in [-0.2, 0) is 6.42 Å². The van der Waals surface area contributed by atoms with E-state index in [0.29, 0.717) is 12.2 Å². The van der Waals surface area contributed by atoms with Gasteiger partial charge in [0.1, 0.15) is 28.7 Å². The van der Waals surface area contributed by atoms with Gasteiger partial charge in [0.25, 0.3) is 0 Å². The molecule has 0 spiro atoms. The monoisotopic (exact) mass is 505 g/mol. The first-order valence-corrected chi connectivity index (χ1v) is 12.3. The lowest BCUT2D eigenvalue weighted by Gasteiger charge is -2.13. The van der Waals surface area contributed by atoms with E-state index in [9.17, 15) is 0 Å². The van der Waals surface area contributed by atoms with Gasteiger partial charge in [0, 0.05) is 40.7 Å². The lowest BCUT2D eigenvalue weighted by Crippen LogP contribution is -2.00. The van der Waals surface area contributed by atoms with Crippen molar-refractivity contribution in [2.24, 2.45) is 0 Å². The van der Waals surface area contributed by atoms with Gasteiger partial charge in [0.15, 0.2) is 0 Å². The van der Waals surface area contributed by atoms with Gasteiger partial charge in [-0.3, -0.25) is 4.98 Å². The number of nitrogens with one attached hydrogen (secondary N) is 1. The van der Waals surface area contributed by atoms with Crippen molar-refractivity contribution in [3.05, 3.63) is 83.4 Å². The molecule has 6 aromatic rings. The Hall–Kier alpha value is -4.72. The lowest BCUT2D eigenvalue weighted by molar-refractivity contribution is 0.393. The first-order valence-electron chi connectivity index (χ1n) is 12.3. The van der Waals surface area contributed by atoms with Crippen LogP contribution < -0.4 is 9.47 Å². The zero-order chi connectivity index (χ0) is 26.4. The first kappa shape index (κ1) is 23.7. The van der Waals surface area contributed by atoms with Crippen LogP contribution in [-0.4, -0.2) is 39.3 Å². The topological polar surface area (TPSA) is 99.0 Å². The first-order chi connectivity index (χ1) is 18.5. The number of hydrogen-bond acceptors (Lipinski definition) is 7. The van der Waals surface area contributed by atoms with Crippen molar-refractivity contribution in [2.75, 3.05) is 14.2 Å². The number of rotatable bonds is 6. The molecule has 0 unspecified atom stereocenters. The van der Waals surface area contributed by atoms with Crippen molar-refractivity contribution in [3.8, 4) is 33.8 Å². The van der Waals surface area contributed by atoms with Crippen LogP contribution in [0.1, 0.15) is 28.5 Å². The molecule has 8 heteroatoms. The largest absolute Gasteiger partial charge is 0.497 e. The molecule has 0 bridgehead atoms. The molecule has 0 radical (unpaired) electrons. The average Bonchev–Trinajstić information content (AvgIpc) is 3.46. The van der Waals surface area contributed by atoms with Crippen LogP contribution >= 0.6 is 0 Å². The highest BCUT2D eigenvalue weighted by molar-refractivity contribution is 6.09. The second-order valence-electron chi connectivity index (χ2n) is 9.30. The lowest BCUT2D eigenvalue weighted by atomic mass is 9.95. The minimum Gasteiger partial charge on any atom is -0.497 e. The molecular formula is C30H27N5O3. The van der Waals surface area contributed by atoms with E-state index in [1.54, 1.807) is 26.6 Å². The molecular weight excluding hydrogens is 478 g/mol. The molecule has 0 fully saturated rings. The Kier molecular flexibility index (Phi) is 5.79. The van der Waals surface area contributed by atoms with Crippen LogP contribution in [0.3, 0.4) is 0 Å². The van der Waals surface area contributed by atoms with Crippen LogP contribution in [0.15, 0.2) is 59.4 Å². The Bertz CT molecular complexity index is 1780. The summed E-state index contributed by atoms with van der Waals surface area (Å²) in [6.45, 7) is 5.76. The fourth-order valence-corrected chi connectivity index (χ4v) is 5.20. The molecule has 4 aromatic heterocycles. The standard InChI is InChI=1S/C30H27N5O3/c1-16-28(17(2)38-35-16)24-14-25-23(15-27(24)37-5)29-26(32-18(3)33-30(29)34-25)12-20-6-7-21(36-4)13-22(20)19-8-10-31-11-9-19/h6-11,13-15H,12H2,1-5H3,(H,32,33,34). The van der Waals surface area contributed by atoms with E-state index < -0.39 is 0 Å². The second kappa shape index (κ2) is 9.30. The molecule has 38 heavy (non-hydrogen) atoms. The number of hydrogen-bond donors (Lipinski definition) is 1. The maximum absolute atomic E-state index is 5.85. The van der Waals surface area contributed by atoms with E-state index in [2.05, 4.69) is 39.4 Å². The highest BCUT2D eigenvalue weighted by Crippen LogP contribution is 2.40. The molecule has 0 aliphatic heterocycles. The zero-order valence-corrected chi connectivity index (χ0v) is 21.9. The van der Waals surface area contributed by atoms with Gasteiger partial charge in [-0.15, -0.1) is 0 Å². The summed E-state index contributed by atoms with van der Waals surface area (Å²) in [4.78, 5) is 17.3. The van der Waals surface area contributed by atoms with E-state index in [-0.39, 0.29) is 0 Å². The summed E-state index contributed by atoms with van der Waals surface area (Å²) in [7, 11) is 3.36. The van der Waals surface area contributed by atoms with Crippen molar-refractivity contribution in [3.63, 3.8) is 0 Å². The molecule has 190 valence electrons. The molecule has 6 rings (SSSR count). The average molecular weight is 506 g/mol. The van der Waals surface area contributed by atoms with Crippen molar-refractivity contribution >= 4 is 21.9 Å². The van der Waals surface area contributed by atoms with Gasteiger partial charge in [0.05, 0.1) is 31.2 Å². The summed E-state index contributed by atoms with van der Waals surface area (Å²) in [5.41, 5.74) is 8.62. The fraction of sp³-hybridized carbons (Fsp3) is 0.200. The van der Waals surface area contributed by atoms with Gasteiger partial charge in [-0.05, 0) is 73.9 Å². The number of benzene rings is 2. The van der Waals surface area contributed by atoms with Gasteiger partial charge >= 0.3 is 0 Å². The maximum atomic E-state index is 5.85. The summed E-state index contributed by atoms with van der Waals surface area (Å²) in [6.07, 6.45) is 4.21. The molecule has 0 saturated carbocycles. The van der Waals surface area contributed by atoms with Gasteiger partial charge in [-0.1, -0.05) is 11.2 Å². The molecule has 0 aliphatic carbocycles. The van der Waals surface area contributed by atoms with Crippen molar-refractivity contribution < 1.29 is 14.0 Å². The number of methoxy groups -OCH3 is 2. The van der Waals surface area contributed by atoms with Crippen LogP contribution in [0, 0.1) is 20.8 Å². The number of pyridine rings is 1.